The molecule has 3 heterocycles. The highest BCUT2D eigenvalue weighted by Gasteiger charge is 2.24. The van der Waals surface area contributed by atoms with Crippen molar-refractivity contribution in [2.24, 2.45) is 5.92 Å². The fraction of sp³-hybridized carbons (Fsp3) is 0.611. The lowest BCUT2D eigenvalue weighted by atomic mass is 10.0. The highest BCUT2D eigenvalue weighted by molar-refractivity contribution is 5.76. The van der Waals surface area contributed by atoms with Crippen molar-refractivity contribution >= 4 is 17.5 Å². The molecule has 6 nitrogen and oxygen atoms in total. The van der Waals surface area contributed by atoms with Crippen molar-refractivity contribution in [3.05, 3.63) is 24.4 Å². The number of fused-ring (bicyclic) bond motifs is 1. The average Bonchev–Trinajstić information content (AvgIpc) is 3.29. The molecule has 0 atom stereocenters. The van der Waals surface area contributed by atoms with Crippen molar-refractivity contribution in [3.63, 3.8) is 0 Å². The molecule has 128 valence electrons. The third kappa shape index (κ3) is 3.09. The molecule has 2 fully saturated rings. The van der Waals surface area contributed by atoms with Gasteiger partial charge >= 0.3 is 0 Å². The van der Waals surface area contributed by atoms with Gasteiger partial charge in [-0.1, -0.05) is 31.7 Å². The maximum absolute atomic E-state index is 12.4. The summed E-state index contributed by atoms with van der Waals surface area (Å²) in [4.78, 5) is 16.7. The molecule has 0 spiro atoms. The number of aromatic nitrogens is 3. The zero-order valence-corrected chi connectivity index (χ0v) is 14.1. The zero-order valence-electron chi connectivity index (χ0n) is 14.1. The van der Waals surface area contributed by atoms with E-state index in [4.69, 9.17) is 0 Å². The fourth-order valence-electron chi connectivity index (χ4n) is 3.99. The maximum atomic E-state index is 12.4. The third-order valence-electron chi connectivity index (χ3n) is 5.45. The van der Waals surface area contributed by atoms with Crippen LogP contribution in [0.15, 0.2) is 24.4 Å². The van der Waals surface area contributed by atoms with Gasteiger partial charge < -0.3 is 9.80 Å². The van der Waals surface area contributed by atoms with Crippen LogP contribution in [-0.2, 0) is 4.79 Å². The van der Waals surface area contributed by atoms with Crippen LogP contribution < -0.4 is 4.90 Å². The summed E-state index contributed by atoms with van der Waals surface area (Å²) >= 11 is 0. The molecule has 6 heteroatoms. The van der Waals surface area contributed by atoms with Gasteiger partial charge in [0.2, 0.25) is 11.9 Å². The quantitative estimate of drug-likeness (QED) is 0.865. The van der Waals surface area contributed by atoms with E-state index in [9.17, 15) is 4.79 Å². The SMILES string of the molecule is O=C(CCC1CCCC1)N1CCN(c2nnc3ccccn23)CC1. The van der Waals surface area contributed by atoms with Crippen molar-refractivity contribution in [2.45, 2.75) is 38.5 Å². The van der Waals surface area contributed by atoms with Crippen LogP contribution in [0.2, 0.25) is 0 Å². The number of anilines is 1. The van der Waals surface area contributed by atoms with E-state index in [-0.39, 0.29) is 0 Å². The molecule has 0 aromatic carbocycles. The molecule has 4 rings (SSSR count). The molecule has 0 bridgehead atoms. The number of nitrogens with zero attached hydrogens (tertiary/aromatic N) is 5. The lowest BCUT2D eigenvalue weighted by Crippen LogP contribution is -2.49. The lowest BCUT2D eigenvalue weighted by Gasteiger charge is -2.34. The molecule has 2 aromatic rings. The van der Waals surface area contributed by atoms with Gasteiger partial charge in [-0.25, -0.2) is 0 Å². The summed E-state index contributed by atoms with van der Waals surface area (Å²) < 4.78 is 2.01. The van der Waals surface area contributed by atoms with Crippen molar-refractivity contribution < 1.29 is 4.79 Å². The highest BCUT2D eigenvalue weighted by Crippen LogP contribution is 2.28. The summed E-state index contributed by atoms with van der Waals surface area (Å²) in [5.41, 5.74) is 0.863. The summed E-state index contributed by atoms with van der Waals surface area (Å²) in [7, 11) is 0. The van der Waals surface area contributed by atoms with Crippen LogP contribution in [0.3, 0.4) is 0 Å². The van der Waals surface area contributed by atoms with Crippen LogP contribution in [0.4, 0.5) is 5.95 Å². The van der Waals surface area contributed by atoms with Crippen molar-refractivity contribution in [1.29, 1.82) is 0 Å². The molecule has 1 saturated carbocycles. The number of rotatable bonds is 4. The summed E-state index contributed by atoms with van der Waals surface area (Å²) in [5.74, 6) is 1.99. The van der Waals surface area contributed by atoms with Gasteiger partial charge in [-0.2, -0.15) is 0 Å². The van der Waals surface area contributed by atoms with E-state index in [1.54, 1.807) is 0 Å². The molecule has 0 N–H and O–H groups in total. The maximum Gasteiger partial charge on any atom is 0.231 e. The van der Waals surface area contributed by atoms with Gasteiger partial charge in [0.25, 0.3) is 0 Å². The summed E-state index contributed by atoms with van der Waals surface area (Å²) in [6, 6.07) is 5.91. The molecule has 1 amide bonds. The van der Waals surface area contributed by atoms with Gasteiger partial charge in [0.1, 0.15) is 0 Å². The summed E-state index contributed by atoms with van der Waals surface area (Å²) in [6.07, 6.45) is 9.13. The Morgan fingerprint density at radius 2 is 1.88 bits per heavy atom. The number of piperazine rings is 1. The van der Waals surface area contributed by atoms with E-state index < -0.39 is 0 Å². The number of carbonyl (C=O) groups excluding carboxylic acids is 1. The number of amides is 1. The molecular formula is C18H25N5O. The van der Waals surface area contributed by atoms with Gasteiger partial charge in [0.05, 0.1) is 0 Å². The van der Waals surface area contributed by atoms with E-state index in [2.05, 4.69) is 15.1 Å². The largest absolute Gasteiger partial charge is 0.339 e. The minimum absolute atomic E-state index is 0.327. The predicted molar refractivity (Wildman–Crippen MR) is 93.0 cm³/mol. The minimum Gasteiger partial charge on any atom is -0.339 e. The topological polar surface area (TPSA) is 53.7 Å². The monoisotopic (exact) mass is 327 g/mol. The number of pyridine rings is 1. The first-order valence-electron chi connectivity index (χ1n) is 9.14. The molecular weight excluding hydrogens is 302 g/mol. The molecule has 1 aliphatic carbocycles. The van der Waals surface area contributed by atoms with Gasteiger partial charge in [-0.05, 0) is 24.5 Å². The van der Waals surface area contributed by atoms with Gasteiger partial charge in [-0.15, -0.1) is 10.2 Å². The van der Waals surface area contributed by atoms with Crippen LogP contribution >= 0.6 is 0 Å². The summed E-state index contributed by atoms with van der Waals surface area (Å²) in [5, 5.41) is 8.53. The Morgan fingerprint density at radius 3 is 2.67 bits per heavy atom. The van der Waals surface area contributed by atoms with Crippen LogP contribution in [0, 0.1) is 5.92 Å². The van der Waals surface area contributed by atoms with Crippen molar-refractivity contribution in [2.75, 3.05) is 31.1 Å². The van der Waals surface area contributed by atoms with Gasteiger partial charge in [-0.3, -0.25) is 9.20 Å². The molecule has 2 aromatic heterocycles. The van der Waals surface area contributed by atoms with E-state index in [1.165, 1.54) is 25.7 Å². The summed E-state index contributed by atoms with van der Waals surface area (Å²) in [6.45, 7) is 3.21. The van der Waals surface area contributed by atoms with Crippen LogP contribution in [0.1, 0.15) is 38.5 Å². The average molecular weight is 327 g/mol. The normalized spacial score (nSPS) is 19.3. The Bertz CT molecular complexity index is 698. The Kier molecular flexibility index (Phi) is 4.36. The first-order chi connectivity index (χ1) is 11.8. The van der Waals surface area contributed by atoms with Gasteiger partial charge in [0, 0.05) is 38.8 Å². The van der Waals surface area contributed by atoms with Crippen LogP contribution in [-0.4, -0.2) is 51.6 Å². The van der Waals surface area contributed by atoms with E-state index in [0.717, 1.165) is 56.5 Å². The number of carbonyl (C=O) groups is 1. The molecule has 2 aliphatic rings. The lowest BCUT2D eigenvalue weighted by molar-refractivity contribution is -0.131. The molecule has 1 aliphatic heterocycles. The number of hydrogen-bond acceptors (Lipinski definition) is 4. The van der Waals surface area contributed by atoms with Crippen LogP contribution in [0.5, 0.6) is 0 Å². The zero-order chi connectivity index (χ0) is 16.4. The third-order valence-corrected chi connectivity index (χ3v) is 5.45. The Hall–Kier alpha value is -2.11. The van der Waals surface area contributed by atoms with Crippen molar-refractivity contribution in [1.82, 2.24) is 19.5 Å². The van der Waals surface area contributed by atoms with Gasteiger partial charge in [0.15, 0.2) is 5.65 Å². The van der Waals surface area contributed by atoms with E-state index >= 15 is 0 Å². The van der Waals surface area contributed by atoms with Crippen LogP contribution in [0.25, 0.3) is 5.65 Å². The Labute approximate surface area is 142 Å². The Balaban J connectivity index is 1.32. The van der Waals surface area contributed by atoms with Crippen molar-refractivity contribution in [3.8, 4) is 0 Å². The first kappa shape index (κ1) is 15.4. The second-order valence-corrected chi connectivity index (χ2v) is 6.99. The minimum atomic E-state index is 0.327. The molecule has 0 radical (unpaired) electrons. The smallest absolute Gasteiger partial charge is 0.231 e. The van der Waals surface area contributed by atoms with E-state index in [0.29, 0.717) is 5.91 Å². The number of hydrogen-bond donors (Lipinski definition) is 0. The Morgan fingerprint density at radius 1 is 1.08 bits per heavy atom. The fourth-order valence-corrected chi connectivity index (χ4v) is 3.99. The van der Waals surface area contributed by atoms with E-state index in [1.807, 2.05) is 33.7 Å². The second-order valence-electron chi connectivity index (χ2n) is 6.99. The first-order valence-corrected chi connectivity index (χ1v) is 9.14. The molecule has 1 saturated heterocycles. The molecule has 24 heavy (non-hydrogen) atoms. The standard InChI is InChI=1S/C18H25N5O/c24-17(9-8-15-5-1-2-6-15)21-11-13-22(14-12-21)18-20-19-16-7-3-4-10-23(16)18/h3-4,7,10,15H,1-2,5-6,8-9,11-14H2. The molecule has 0 unspecified atom stereocenters. The predicted octanol–water partition coefficient (Wildman–Crippen LogP) is 2.35. The highest BCUT2D eigenvalue weighted by atomic mass is 16.2. The second kappa shape index (κ2) is 6.79.